The van der Waals surface area contributed by atoms with E-state index < -0.39 is 17.6 Å². The second kappa shape index (κ2) is 6.28. The van der Waals surface area contributed by atoms with Crippen LogP contribution in [0.2, 0.25) is 0 Å². The van der Waals surface area contributed by atoms with Gasteiger partial charge >= 0.3 is 6.18 Å². The number of amides is 1. The predicted molar refractivity (Wildman–Crippen MR) is 76.1 cm³/mol. The average molecular weight is 315 g/mol. The van der Waals surface area contributed by atoms with Crippen molar-refractivity contribution in [2.24, 2.45) is 5.41 Å². The van der Waals surface area contributed by atoms with Crippen LogP contribution in [0, 0.1) is 5.41 Å². The van der Waals surface area contributed by atoms with Gasteiger partial charge in [-0.3, -0.25) is 4.79 Å². The van der Waals surface area contributed by atoms with E-state index >= 15 is 0 Å². The molecule has 1 fully saturated rings. The highest BCUT2D eigenvalue weighted by Crippen LogP contribution is 2.37. The van der Waals surface area contributed by atoms with Gasteiger partial charge in [0.1, 0.15) is 0 Å². The van der Waals surface area contributed by atoms with Crippen LogP contribution in [0.5, 0.6) is 0 Å². The van der Waals surface area contributed by atoms with Gasteiger partial charge in [0.05, 0.1) is 18.6 Å². The molecular formula is C16H20F3NO2. The van der Waals surface area contributed by atoms with Gasteiger partial charge in [0, 0.05) is 11.5 Å². The van der Waals surface area contributed by atoms with Crippen molar-refractivity contribution in [3.8, 4) is 0 Å². The third-order valence-electron chi connectivity index (χ3n) is 4.45. The number of carbonyl (C=O) groups is 1. The van der Waals surface area contributed by atoms with Crippen molar-refractivity contribution >= 4 is 5.91 Å². The fourth-order valence-corrected chi connectivity index (χ4v) is 3.04. The highest BCUT2D eigenvalue weighted by molar-refractivity contribution is 5.79. The molecule has 2 atom stereocenters. The number of nitrogens with one attached hydrogen (secondary N) is 1. The molecule has 1 aromatic carbocycles. The van der Waals surface area contributed by atoms with E-state index in [0.29, 0.717) is 0 Å². The highest BCUT2D eigenvalue weighted by Gasteiger charge is 2.39. The van der Waals surface area contributed by atoms with E-state index in [4.69, 9.17) is 0 Å². The molecule has 0 aromatic heterocycles. The van der Waals surface area contributed by atoms with Gasteiger partial charge in [0.2, 0.25) is 5.91 Å². The monoisotopic (exact) mass is 315 g/mol. The van der Waals surface area contributed by atoms with Crippen LogP contribution >= 0.6 is 0 Å². The minimum Gasteiger partial charge on any atom is -0.396 e. The molecule has 122 valence electrons. The summed E-state index contributed by atoms with van der Waals surface area (Å²) >= 11 is 0. The lowest BCUT2D eigenvalue weighted by atomic mass is 9.85. The number of aliphatic hydroxyl groups excluding tert-OH is 1. The van der Waals surface area contributed by atoms with Gasteiger partial charge in [0.25, 0.3) is 0 Å². The smallest absolute Gasteiger partial charge is 0.396 e. The Balaban J connectivity index is 2.07. The van der Waals surface area contributed by atoms with Crippen LogP contribution in [-0.4, -0.2) is 23.7 Å². The van der Waals surface area contributed by atoms with Crippen LogP contribution in [0.4, 0.5) is 13.2 Å². The van der Waals surface area contributed by atoms with E-state index in [0.717, 1.165) is 25.3 Å². The second-order valence-corrected chi connectivity index (χ2v) is 6.16. The molecule has 0 heterocycles. The number of hydrogen-bond donors (Lipinski definition) is 2. The summed E-state index contributed by atoms with van der Waals surface area (Å²) in [5.74, 6) is -0.441. The lowest BCUT2D eigenvalue weighted by Crippen LogP contribution is -2.45. The van der Waals surface area contributed by atoms with Crippen molar-refractivity contribution in [2.75, 3.05) is 6.61 Å². The standard InChI is InChI=1S/C16H20F3NO2/c1-15(10-21)8-4-7-13(15)20-14(22)9-11-5-2-3-6-12(11)16(17,18)19/h2-3,5-6,13,21H,4,7-10H2,1H3,(H,20,22). The number of carbonyl (C=O) groups excluding carboxylic acids is 1. The number of aliphatic hydroxyl groups is 1. The quantitative estimate of drug-likeness (QED) is 0.897. The first kappa shape index (κ1) is 16.8. The summed E-state index contributed by atoms with van der Waals surface area (Å²) in [5.41, 5.74) is -1.20. The van der Waals surface area contributed by atoms with E-state index in [1.54, 1.807) is 0 Å². The molecule has 1 aliphatic rings. The Morgan fingerprint density at radius 3 is 2.73 bits per heavy atom. The van der Waals surface area contributed by atoms with Crippen molar-refractivity contribution < 1.29 is 23.1 Å². The first-order valence-corrected chi connectivity index (χ1v) is 7.31. The van der Waals surface area contributed by atoms with Crippen molar-refractivity contribution in [1.29, 1.82) is 0 Å². The summed E-state index contributed by atoms with van der Waals surface area (Å²) < 4.78 is 38.7. The Morgan fingerprint density at radius 1 is 1.41 bits per heavy atom. The van der Waals surface area contributed by atoms with Gasteiger partial charge in [0.15, 0.2) is 0 Å². The molecule has 0 spiro atoms. The van der Waals surface area contributed by atoms with Gasteiger partial charge in [-0.2, -0.15) is 13.2 Å². The topological polar surface area (TPSA) is 49.3 Å². The predicted octanol–water partition coefficient (Wildman–Crippen LogP) is 2.92. The zero-order valence-electron chi connectivity index (χ0n) is 12.4. The van der Waals surface area contributed by atoms with E-state index in [1.165, 1.54) is 18.2 Å². The normalized spacial score (nSPS) is 25.2. The first-order chi connectivity index (χ1) is 10.3. The molecule has 2 unspecified atom stereocenters. The lowest BCUT2D eigenvalue weighted by molar-refractivity contribution is -0.138. The van der Waals surface area contributed by atoms with Crippen molar-refractivity contribution in [3.05, 3.63) is 35.4 Å². The average Bonchev–Trinajstić information content (AvgIpc) is 2.80. The molecule has 2 N–H and O–H groups in total. The number of halogens is 3. The Bertz CT molecular complexity index is 544. The summed E-state index contributed by atoms with van der Waals surface area (Å²) in [6.07, 6.45) is -2.35. The number of benzene rings is 1. The number of alkyl halides is 3. The Hall–Kier alpha value is -1.56. The molecule has 0 radical (unpaired) electrons. The highest BCUT2D eigenvalue weighted by atomic mass is 19.4. The molecule has 1 amide bonds. The summed E-state index contributed by atoms with van der Waals surface area (Å²) in [7, 11) is 0. The van der Waals surface area contributed by atoms with E-state index in [1.807, 2.05) is 6.92 Å². The molecule has 1 aliphatic carbocycles. The molecule has 0 aliphatic heterocycles. The lowest BCUT2D eigenvalue weighted by Gasteiger charge is -2.30. The third kappa shape index (κ3) is 3.61. The van der Waals surface area contributed by atoms with Crippen molar-refractivity contribution in [2.45, 2.75) is 44.8 Å². The molecule has 0 saturated heterocycles. The summed E-state index contributed by atoms with van der Waals surface area (Å²) in [6.45, 7) is 1.84. The Kier molecular flexibility index (Phi) is 4.80. The largest absolute Gasteiger partial charge is 0.416 e. The van der Waals surface area contributed by atoms with E-state index in [2.05, 4.69) is 5.32 Å². The van der Waals surface area contributed by atoms with Gasteiger partial charge < -0.3 is 10.4 Å². The van der Waals surface area contributed by atoms with Crippen molar-refractivity contribution in [1.82, 2.24) is 5.32 Å². The molecule has 1 aromatic rings. The molecule has 22 heavy (non-hydrogen) atoms. The minimum atomic E-state index is -4.47. The van der Waals surface area contributed by atoms with E-state index in [9.17, 15) is 23.1 Å². The Morgan fingerprint density at radius 2 is 2.09 bits per heavy atom. The van der Waals surface area contributed by atoms with Crippen molar-refractivity contribution in [3.63, 3.8) is 0 Å². The van der Waals surface area contributed by atoms with E-state index in [-0.39, 0.29) is 30.0 Å². The van der Waals surface area contributed by atoms with Crippen LogP contribution < -0.4 is 5.32 Å². The maximum atomic E-state index is 12.9. The van der Waals surface area contributed by atoms with Crippen LogP contribution in [-0.2, 0) is 17.4 Å². The SMILES string of the molecule is CC1(CO)CCCC1NC(=O)Cc1ccccc1C(F)(F)F. The molecule has 0 bridgehead atoms. The van der Waals surface area contributed by atoms with Gasteiger partial charge in [-0.05, 0) is 24.5 Å². The summed E-state index contributed by atoms with van der Waals surface area (Å²) in [6, 6.07) is 4.91. The third-order valence-corrected chi connectivity index (χ3v) is 4.45. The minimum absolute atomic E-state index is 0.0313. The fourth-order valence-electron chi connectivity index (χ4n) is 3.04. The second-order valence-electron chi connectivity index (χ2n) is 6.16. The fraction of sp³-hybridized carbons (Fsp3) is 0.562. The first-order valence-electron chi connectivity index (χ1n) is 7.31. The molecule has 1 saturated carbocycles. The molecule has 2 rings (SSSR count). The van der Waals surface area contributed by atoms with Crippen LogP contribution in [0.3, 0.4) is 0 Å². The maximum absolute atomic E-state index is 12.9. The molecule has 6 heteroatoms. The number of hydrogen-bond acceptors (Lipinski definition) is 2. The van der Waals surface area contributed by atoms with Crippen LogP contribution in [0.15, 0.2) is 24.3 Å². The zero-order chi connectivity index (χ0) is 16.4. The molecule has 3 nitrogen and oxygen atoms in total. The van der Waals surface area contributed by atoms with Gasteiger partial charge in [-0.15, -0.1) is 0 Å². The van der Waals surface area contributed by atoms with Gasteiger partial charge in [-0.25, -0.2) is 0 Å². The molecular weight excluding hydrogens is 295 g/mol. The summed E-state index contributed by atoms with van der Waals surface area (Å²) in [4.78, 5) is 12.1. The Labute approximate surface area is 127 Å². The van der Waals surface area contributed by atoms with Gasteiger partial charge in [-0.1, -0.05) is 31.5 Å². The summed E-state index contributed by atoms with van der Waals surface area (Å²) in [5, 5.41) is 12.2. The van der Waals surface area contributed by atoms with Crippen LogP contribution in [0.1, 0.15) is 37.3 Å². The maximum Gasteiger partial charge on any atom is 0.416 e. The van der Waals surface area contributed by atoms with Crippen LogP contribution in [0.25, 0.3) is 0 Å². The zero-order valence-corrected chi connectivity index (χ0v) is 12.4. The number of rotatable bonds is 4.